The van der Waals surface area contributed by atoms with Crippen LogP contribution in [0.2, 0.25) is 5.02 Å². The molecule has 0 aliphatic carbocycles. The molecule has 0 atom stereocenters. The molecule has 1 amide bonds. The zero-order valence-electron chi connectivity index (χ0n) is 17.4. The number of amides is 1. The number of nitro groups is 2. The van der Waals surface area contributed by atoms with Crippen molar-refractivity contribution in [3.63, 3.8) is 0 Å². The summed E-state index contributed by atoms with van der Waals surface area (Å²) >= 11 is 5.91. The number of nitro benzene ring substituents is 2. The summed E-state index contributed by atoms with van der Waals surface area (Å²) in [4.78, 5) is 45.3. The summed E-state index contributed by atoms with van der Waals surface area (Å²) in [6.07, 6.45) is 0. The lowest BCUT2D eigenvalue weighted by molar-refractivity contribution is -0.384. The maximum absolute atomic E-state index is 12.3. The van der Waals surface area contributed by atoms with Crippen molar-refractivity contribution in [2.45, 2.75) is 6.54 Å². The first kappa shape index (κ1) is 24.1. The van der Waals surface area contributed by atoms with E-state index in [1.165, 1.54) is 18.2 Å². The van der Waals surface area contributed by atoms with Crippen LogP contribution in [0.25, 0.3) is 0 Å². The first-order valence-corrected chi connectivity index (χ1v) is 10.1. The third kappa shape index (κ3) is 6.26. The Morgan fingerprint density at radius 3 is 2.26 bits per heavy atom. The lowest BCUT2D eigenvalue weighted by Crippen LogP contribution is -2.21. The van der Waals surface area contributed by atoms with E-state index in [4.69, 9.17) is 16.3 Å². The van der Waals surface area contributed by atoms with E-state index in [0.29, 0.717) is 6.54 Å². The Balaban J connectivity index is 1.61. The highest BCUT2D eigenvalue weighted by molar-refractivity contribution is 6.34. The quantitative estimate of drug-likeness (QED) is 0.254. The topological polar surface area (TPSA) is 154 Å². The molecule has 0 unspecified atom stereocenters. The summed E-state index contributed by atoms with van der Waals surface area (Å²) in [5.41, 5.74) is 0.538. The van der Waals surface area contributed by atoms with Crippen LogP contribution >= 0.6 is 11.6 Å². The normalized spacial score (nSPS) is 10.3. The molecule has 3 aromatic rings. The predicted molar refractivity (Wildman–Crippen MR) is 124 cm³/mol. The van der Waals surface area contributed by atoms with Gasteiger partial charge in [0.15, 0.2) is 6.61 Å². The van der Waals surface area contributed by atoms with Gasteiger partial charge in [-0.1, -0.05) is 41.9 Å². The molecular formula is C22H17ClN4O7. The smallest absolute Gasteiger partial charge is 0.338 e. The number of rotatable bonds is 9. The highest BCUT2D eigenvalue weighted by Crippen LogP contribution is 2.28. The monoisotopic (exact) mass is 484 g/mol. The number of esters is 1. The Labute approximate surface area is 197 Å². The second-order valence-electron chi connectivity index (χ2n) is 6.87. The largest absolute Gasteiger partial charge is 0.452 e. The molecule has 0 heterocycles. The van der Waals surface area contributed by atoms with Gasteiger partial charge in [-0.15, -0.1) is 0 Å². The number of anilines is 2. The third-order valence-electron chi connectivity index (χ3n) is 4.53. The molecule has 34 heavy (non-hydrogen) atoms. The second-order valence-corrected chi connectivity index (χ2v) is 7.28. The number of ether oxygens (including phenoxy) is 1. The molecule has 0 aromatic heterocycles. The van der Waals surface area contributed by atoms with Crippen molar-refractivity contribution in [2.24, 2.45) is 0 Å². The van der Waals surface area contributed by atoms with Crippen molar-refractivity contribution in [3.8, 4) is 0 Å². The minimum absolute atomic E-state index is 0.0666. The lowest BCUT2D eigenvalue weighted by Gasteiger charge is -2.10. The molecule has 0 aliphatic rings. The van der Waals surface area contributed by atoms with E-state index >= 15 is 0 Å². The van der Waals surface area contributed by atoms with E-state index in [-0.39, 0.29) is 33.3 Å². The van der Waals surface area contributed by atoms with Gasteiger partial charge >= 0.3 is 5.97 Å². The van der Waals surface area contributed by atoms with Gasteiger partial charge in [0.05, 0.1) is 26.1 Å². The van der Waals surface area contributed by atoms with Crippen LogP contribution in [0, 0.1) is 20.2 Å². The van der Waals surface area contributed by atoms with Gasteiger partial charge in [-0.05, 0) is 23.8 Å². The SMILES string of the molecule is O=C(COC(=O)c1ccc(NCc2ccccc2)c([N+](=O)[O-])c1)Nc1ccc([N+](=O)[O-])cc1Cl. The molecule has 0 saturated heterocycles. The number of carbonyl (C=O) groups excluding carboxylic acids is 2. The highest BCUT2D eigenvalue weighted by Gasteiger charge is 2.19. The third-order valence-corrected chi connectivity index (χ3v) is 4.84. The fourth-order valence-electron chi connectivity index (χ4n) is 2.87. The standard InChI is InChI=1S/C22H17ClN4O7/c23-17-11-16(26(30)31)7-9-18(17)25-21(28)13-34-22(29)15-6-8-19(20(10-15)27(32)33)24-12-14-4-2-1-3-5-14/h1-11,24H,12-13H2,(H,25,28). The van der Waals surface area contributed by atoms with Gasteiger partial charge in [-0.25, -0.2) is 4.79 Å². The number of nitrogens with one attached hydrogen (secondary N) is 2. The number of nitrogens with zero attached hydrogens (tertiary/aromatic N) is 2. The van der Waals surface area contributed by atoms with Gasteiger partial charge in [0.1, 0.15) is 5.69 Å². The zero-order chi connectivity index (χ0) is 24.7. The molecule has 3 rings (SSSR count). The summed E-state index contributed by atoms with van der Waals surface area (Å²) in [6.45, 7) is -0.356. The zero-order valence-corrected chi connectivity index (χ0v) is 18.2. The molecule has 0 fully saturated rings. The number of non-ortho nitro benzene ring substituents is 1. The maximum atomic E-state index is 12.3. The molecular weight excluding hydrogens is 468 g/mol. The molecule has 0 aliphatic heterocycles. The first-order valence-electron chi connectivity index (χ1n) is 9.71. The summed E-state index contributed by atoms with van der Waals surface area (Å²) in [6, 6.07) is 16.5. The van der Waals surface area contributed by atoms with Crippen molar-refractivity contribution in [1.82, 2.24) is 0 Å². The molecule has 12 heteroatoms. The minimum Gasteiger partial charge on any atom is -0.452 e. The first-order chi connectivity index (χ1) is 16.2. The van der Waals surface area contributed by atoms with Gasteiger partial charge in [0.2, 0.25) is 0 Å². The summed E-state index contributed by atoms with van der Waals surface area (Å²) in [5.74, 6) is -1.69. The maximum Gasteiger partial charge on any atom is 0.338 e. The van der Waals surface area contributed by atoms with Crippen molar-refractivity contribution >= 4 is 46.2 Å². The minimum atomic E-state index is -0.942. The predicted octanol–water partition coefficient (Wildman–Crippen LogP) is 4.56. The van der Waals surface area contributed by atoms with Crippen LogP contribution in [-0.2, 0) is 16.1 Å². The van der Waals surface area contributed by atoms with Crippen molar-refractivity contribution in [2.75, 3.05) is 17.2 Å². The number of carbonyl (C=O) groups is 2. The van der Waals surface area contributed by atoms with Crippen LogP contribution in [0.3, 0.4) is 0 Å². The van der Waals surface area contributed by atoms with Gasteiger partial charge in [0.25, 0.3) is 17.3 Å². The molecule has 174 valence electrons. The highest BCUT2D eigenvalue weighted by atomic mass is 35.5. The van der Waals surface area contributed by atoms with Gasteiger partial charge in [-0.2, -0.15) is 0 Å². The fourth-order valence-corrected chi connectivity index (χ4v) is 3.09. The van der Waals surface area contributed by atoms with Gasteiger partial charge < -0.3 is 15.4 Å². The van der Waals surface area contributed by atoms with Crippen LogP contribution in [0.4, 0.5) is 22.7 Å². The number of benzene rings is 3. The van der Waals surface area contributed by atoms with E-state index in [0.717, 1.165) is 23.8 Å². The Morgan fingerprint density at radius 1 is 0.912 bits per heavy atom. The van der Waals surface area contributed by atoms with Crippen molar-refractivity contribution < 1.29 is 24.2 Å². The number of hydrogen-bond acceptors (Lipinski definition) is 8. The van der Waals surface area contributed by atoms with Crippen LogP contribution in [0.1, 0.15) is 15.9 Å². The average Bonchev–Trinajstić information content (AvgIpc) is 2.82. The van der Waals surface area contributed by atoms with E-state index in [9.17, 15) is 29.8 Å². The molecule has 3 aromatic carbocycles. The number of hydrogen-bond donors (Lipinski definition) is 2. The van der Waals surface area contributed by atoms with E-state index in [2.05, 4.69) is 10.6 Å². The molecule has 0 bridgehead atoms. The molecule has 0 saturated carbocycles. The molecule has 0 radical (unpaired) electrons. The Hall–Kier alpha value is -4.51. The number of halogens is 1. The average molecular weight is 485 g/mol. The summed E-state index contributed by atoms with van der Waals surface area (Å²) in [5, 5.41) is 27.5. The van der Waals surface area contributed by atoms with E-state index < -0.39 is 28.3 Å². The van der Waals surface area contributed by atoms with Crippen LogP contribution in [-0.4, -0.2) is 28.3 Å². The molecule has 0 spiro atoms. The van der Waals surface area contributed by atoms with Crippen LogP contribution in [0.5, 0.6) is 0 Å². The van der Waals surface area contributed by atoms with E-state index in [1.807, 2.05) is 30.3 Å². The van der Waals surface area contributed by atoms with Crippen molar-refractivity contribution in [3.05, 3.63) is 103 Å². The molecule has 2 N–H and O–H groups in total. The molecule has 11 nitrogen and oxygen atoms in total. The van der Waals surface area contributed by atoms with Crippen LogP contribution < -0.4 is 10.6 Å². The lowest BCUT2D eigenvalue weighted by atomic mass is 10.1. The van der Waals surface area contributed by atoms with Crippen molar-refractivity contribution in [1.29, 1.82) is 0 Å². The van der Waals surface area contributed by atoms with Gasteiger partial charge in [-0.3, -0.25) is 25.0 Å². The second kappa shape index (κ2) is 10.9. The van der Waals surface area contributed by atoms with Gasteiger partial charge in [0, 0.05) is 24.7 Å². The Bertz CT molecular complexity index is 1250. The fraction of sp³-hybridized carbons (Fsp3) is 0.0909. The summed E-state index contributed by atoms with van der Waals surface area (Å²) in [7, 11) is 0. The Kier molecular flexibility index (Phi) is 7.72. The summed E-state index contributed by atoms with van der Waals surface area (Å²) < 4.78 is 4.92. The Morgan fingerprint density at radius 2 is 1.62 bits per heavy atom. The van der Waals surface area contributed by atoms with E-state index in [1.54, 1.807) is 0 Å². The van der Waals surface area contributed by atoms with Crippen LogP contribution in [0.15, 0.2) is 66.7 Å².